The topological polar surface area (TPSA) is 237 Å². The van der Waals surface area contributed by atoms with Gasteiger partial charge in [0.1, 0.15) is 19.3 Å². The van der Waals surface area contributed by atoms with Crippen LogP contribution in [0.15, 0.2) is 109 Å². The third-order valence-corrected chi connectivity index (χ3v) is 18.6. The van der Waals surface area contributed by atoms with Gasteiger partial charge in [-0.25, -0.2) is 9.13 Å². The van der Waals surface area contributed by atoms with Crippen molar-refractivity contribution in [2.45, 2.75) is 354 Å². The number of carbonyl (C=O) groups is 4. The average molecular weight is 1480 g/mol. The highest BCUT2D eigenvalue weighted by Gasteiger charge is 2.30. The molecule has 3 N–H and O–H groups in total. The molecular weight excluding hydrogens is 1330 g/mol. The Morgan fingerprint density at radius 3 is 0.843 bits per heavy atom. The Kier molecular flexibility index (Phi) is 71.8. The first-order valence-electron chi connectivity index (χ1n) is 40.1. The maximum Gasteiger partial charge on any atom is 0.472 e. The van der Waals surface area contributed by atoms with Crippen LogP contribution in [0.2, 0.25) is 0 Å². The summed E-state index contributed by atoms with van der Waals surface area (Å²) < 4.78 is 68.6. The Bertz CT molecular complexity index is 2360. The van der Waals surface area contributed by atoms with Crippen molar-refractivity contribution >= 4 is 39.5 Å². The molecule has 0 saturated heterocycles. The van der Waals surface area contributed by atoms with Crippen LogP contribution in [0, 0.1) is 0 Å². The number of aliphatic hydroxyl groups is 1. The molecule has 17 nitrogen and oxygen atoms in total. The van der Waals surface area contributed by atoms with Gasteiger partial charge in [0, 0.05) is 25.7 Å². The summed E-state index contributed by atoms with van der Waals surface area (Å²) in [6, 6.07) is 0. The Hall–Kier alpha value is -4.28. The van der Waals surface area contributed by atoms with Crippen LogP contribution in [0.1, 0.15) is 336 Å². The first kappa shape index (κ1) is 97.7. The number of rotatable bonds is 75. The summed E-state index contributed by atoms with van der Waals surface area (Å²) in [4.78, 5) is 73.0. The molecule has 0 aliphatic heterocycles. The van der Waals surface area contributed by atoms with Crippen LogP contribution in [0.25, 0.3) is 0 Å². The number of allylic oxidation sites excluding steroid dienone is 18. The fraction of sp³-hybridized carbons (Fsp3) is 0.735. The van der Waals surface area contributed by atoms with Gasteiger partial charge in [-0.05, 0) is 128 Å². The number of hydrogen-bond donors (Lipinski definition) is 3. The van der Waals surface area contributed by atoms with Gasteiger partial charge in [0.25, 0.3) is 0 Å². The van der Waals surface area contributed by atoms with Gasteiger partial charge in [-0.2, -0.15) is 0 Å². The number of hydrogen-bond acceptors (Lipinski definition) is 15. The predicted octanol–water partition coefficient (Wildman–Crippen LogP) is 23.3. The maximum absolute atomic E-state index is 13.1. The molecule has 102 heavy (non-hydrogen) atoms. The molecule has 0 aromatic heterocycles. The Labute approximate surface area is 619 Å². The number of phosphoric acid groups is 2. The molecule has 5 unspecified atom stereocenters. The quantitative estimate of drug-likeness (QED) is 0.0169. The fourth-order valence-electron chi connectivity index (χ4n) is 10.6. The van der Waals surface area contributed by atoms with Gasteiger partial charge in [0.2, 0.25) is 0 Å². The number of phosphoric ester groups is 2. The Morgan fingerprint density at radius 2 is 0.529 bits per heavy atom. The van der Waals surface area contributed by atoms with Gasteiger partial charge in [0.05, 0.1) is 26.4 Å². The van der Waals surface area contributed by atoms with E-state index in [1.165, 1.54) is 70.6 Å². The molecule has 0 heterocycles. The molecule has 5 atom stereocenters. The molecule has 19 heteroatoms. The van der Waals surface area contributed by atoms with Crippen LogP contribution in [0.3, 0.4) is 0 Å². The number of carbonyl (C=O) groups excluding carboxylic acids is 4. The molecule has 0 fully saturated rings. The highest BCUT2D eigenvalue weighted by atomic mass is 31.2. The summed E-state index contributed by atoms with van der Waals surface area (Å²) in [5, 5.41) is 10.6. The van der Waals surface area contributed by atoms with Crippen LogP contribution in [-0.2, 0) is 65.4 Å². The van der Waals surface area contributed by atoms with E-state index in [-0.39, 0.29) is 25.7 Å². The summed E-state index contributed by atoms with van der Waals surface area (Å²) in [6.45, 7) is 4.64. The minimum absolute atomic E-state index is 0.0628. The van der Waals surface area contributed by atoms with E-state index < -0.39 is 97.5 Å². The van der Waals surface area contributed by atoms with Crippen molar-refractivity contribution in [1.29, 1.82) is 0 Å². The third kappa shape index (κ3) is 74.0. The van der Waals surface area contributed by atoms with Gasteiger partial charge in [0.15, 0.2) is 12.2 Å². The predicted molar refractivity (Wildman–Crippen MR) is 418 cm³/mol. The van der Waals surface area contributed by atoms with E-state index in [2.05, 4.69) is 137 Å². The minimum Gasteiger partial charge on any atom is -0.462 e. The SMILES string of the molecule is CC/C=C\C/C=C\C/C=C\C/C=C\CCCCCCC(=O)OC(COC(=O)CCCCCCCC/C=C\C/C=C\C/C=C\CCCCC)COP(=O)(O)OCC(O)COP(=O)(O)OCC(COC(=O)CCCCCCC/C=C\C/C=C\CCC)OC(=O)CCCCCCCCCCCCCCC. The summed E-state index contributed by atoms with van der Waals surface area (Å²) in [5.41, 5.74) is 0. The number of ether oxygens (including phenoxy) is 4. The van der Waals surface area contributed by atoms with E-state index in [0.717, 1.165) is 186 Å². The molecular formula is C83H144O17P2. The summed E-state index contributed by atoms with van der Waals surface area (Å²) in [7, 11) is -9.97. The van der Waals surface area contributed by atoms with Crippen molar-refractivity contribution in [3.8, 4) is 0 Å². The van der Waals surface area contributed by atoms with Gasteiger partial charge in [-0.3, -0.25) is 37.3 Å². The van der Waals surface area contributed by atoms with Crippen LogP contribution in [0.4, 0.5) is 0 Å². The lowest BCUT2D eigenvalue weighted by Gasteiger charge is -2.21. The zero-order chi connectivity index (χ0) is 74.6. The lowest BCUT2D eigenvalue weighted by molar-refractivity contribution is -0.161. The molecule has 0 rings (SSSR count). The van der Waals surface area contributed by atoms with Crippen LogP contribution in [-0.4, -0.2) is 96.7 Å². The minimum atomic E-state index is -4.99. The highest BCUT2D eigenvalue weighted by molar-refractivity contribution is 7.47. The third-order valence-electron chi connectivity index (χ3n) is 16.7. The van der Waals surface area contributed by atoms with E-state index in [4.69, 9.17) is 37.0 Å². The summed E-state index contributed by atoms with van der Waals surface area (Å²) in [6.07, 6.45) is 80.6. The van der Waals surface area contributed by atoms with Crippen molar-refractivity contribution < 1.29 is 80.2 Å². The standard InChI is InChI=1S/C83H144O17P2/c1-5-9-13-17-21-25-29-33-35-37-38-40-41-45-48-52-56-60-64-68-81(86)94-74-79(100-83(88)70-66-62-58-54-50-46-42-39-36-34-30-26-22-18-14-10-6-2)76-98-102(91,92)96-72-77(84)71-95-101(89,90)97-75-78(99-82(87)69-65-61-57-53-49-44-32-28-24-20-16-12-8-4)73-93-80(85)67-63-59-55-51-47-43-31-27-23-19-15-11-7-3/h10,14-15,19,21-22,25-27,31,33-36,38,40,42,46,77-79,84H,5-9,11-13,16-18,20,23-24,28-30,32,37,39,41,43-45,47-76H2,1-4H3,(H,89,90)(H,91,92)/b14-10-,19-15-,25-21-,26-22-,31-27-,35-33-,36-34-,40-38-,46-42-. The summed E-state index contributed by atoms with van der Waals surface area (Å²) in [5.74, 6) is -2.22. The number of unbranched alkanes of at least 4 members (excludes halogenated alkanes) is 31. The molecule has 0 amide bonds. The van der Waals surface area contributed by atoms with E-state index >= 15 is 0 Å². The molecule has 0 aromatic carbocycles. The van der Waals surface area contributed by atoms with Gasteiger partial charge in [-0.1, -0.05) is 291 Å². The van der Waals surface area contributed by atoms with Crippen molar-refractivity contribution in [2.24, 2.45) is 0 Å². The Balaban J connectivity index is 5.38. The lowest BCUT2D eigenvalue weighted by Crippen LogP contribution is -2.30. The van der Waals surface area contributed by atoms with E-state index in [1.807, 2.05) is 0 Å². The normalized spacial score (nSPS) is 14.5. The zero-order valence-corrected chi connectivity index (χ0v) is 66.0. The molecule has 0 saturated carbocycles. The molecule has 588 valence electrons. The highest BCUT2D eigenvalue weighted by Crippen LogP contribution is 2.45. The monoisotopic (exact) mass is 1470 g/mol. The maximum atomic E-state index is 13.1. The Morgan fingerprint density at radius 1 is 0.284 bits per heavy atom. The van der Waals surface area contributed by atoms with E-state index in [9.17, 15) is 43.2 Å². The average Bonchev–Trinajstić information content (AvgIpc) is 0.908. The first-order chi connectivity index (χ1) is 49.7. The number of esters is 4. The summed E-state index contributed by atoms with van der Waals surface area (Å²) >= 11 is 0. The smallest absolute Gasteiger partial charge is 0.462 e. The molecule has 0 spiro atoms. The van der Waals surface area contributed by atoms with Crippen LogP contribution in [0.5, 0.6) is 0 Å². The van der Waals surface area contributed by atoms with Crippen molar-refractivity contribution in [2.75, 3.05) is 39.6 Å². The van der Waals surface area contributed by atoms with Gasteiger partial charge in [-0.15, -0.1) is 0 Å². The number of aliphatic hydroxyl groups excluding tert-OH is 1. The second kappa shape index (κ2) is 75.0. The molecule has 0 aliphatic carbocycles. The molecule has 0 bridgehead atoms. The van der Waals surface area contributed by atoms with Crippen LogP contribution >= 0.6 is 15.6 Å². The van der Waals surface area contributed by atoms with Crippen LogP contribution < -0.4 is 0 Å². The molecule has 0 aliphatic rings. The van der Waals surface area contributed by atoms with E-state index in [1.54, 1.807) is 0 Å². The fourth-order valence-corrected chi connectivity index (χ4v) is 12.2. The van der Waals surface area contributed by atoms with Crippen molar-refractivity contribution in [3.63, 3.8) is 0 Å². The van der Waals surface area contributed by atoms with Crippen molar-refractivity contribution in [1.82, 2.24) is 0 Å². The first-order valence-corrected chi connectivity index (χ1v) is 43.1. The van der Waals surface area contributed by atoms with Gasteiger partial charge >= 0.3 is 39.5 Å². The lowest BCUT2D eigenvalue weighted by atomic mass is 10.0. The second-order valence-electron chi connectivity index (χ2n) is 26.6. The van der Waals surface area contributed by atoms with E-state index in [0.29, 0.717) is 25.7 Å². The van der Waals surface area contributed by atoms with Crippen molar-refractivity contribution in [3.05, 3.63) is 109 Å². The van der Waals surface area contributed by atoms with Gasteiger partial charge < -0.3 is 33.8 Å². The largest absolute Gasteiger partial charge is 0.472 e. The molecule has 0 aromatic rings. The second-order valence-corrected chi connectivity index (χ2v) is 29.5. The zero-order valence-electron chi connectivity index (χ0n) is 64.3. The molecule has 0 radical (unpaired) electrons.